The van der Waals surface area contributed by atoms with Gasteiger partial charge < -0.3 is 0 Å². The smallest absolute Gasteiger partial charge is 0.0250 e. The maximum atomic E-state index is 2.40. The Kier molecular flexibility index (Phi) is 9.32. The van der Waals surface area contributed by atoms with E-state index in [4.69, 9.17) is 0 Å². The summed E-state index contributed by atoms with van der Waals surface area (Å²) in [5.74, 6) is 1.79. The van der Waals surface area contributed by atoms with Crippen LogP contribution >= 0.6 is 0 Å². The molecule has 0 aromatic heterocycles. The van der Waals surface area contributed by atoms with Crippen LogP contribution in [0.25, 0.3) is 0 Å². The van der Waals surface area contributed by atoms with Crippen LogP contribution in [0.1, 0.15) is 93.9 Å². The minimum atomic E-state index is 0.897. The van der Waals surface area contributed by atoms with Gasteiger partial charge in [0, 0.05) is 0 Å². The van der Waals surface area contributed by atoms with Gasteiger partial charge in [-0.3, -0.25) is 0 Å². The van der Waals surface area contributed by atoms with Gasteiger partial charge in [0.2, 0.25) is 0 Å². The number of benzene rings is 2. The molecule has 0 aliphatic heterocycles. The maximum absolute atomic E-state index is 2.40. The lowest BCUT2D eigenvalue weighted by Crippen LogP contribution is -2.18. The van der Waals surface area contributed by atoms with Gasteiger partial charge in [-0.05, 0) is 91.9 Å². The van der Waals surface area contributed by atoms with Crippen molar-refractivity contribution < 1.29 is 0 Å². The number of hydrogen-bond acceptors (Lipinski definition) is 0. The highest BCUT2D eigenvalue weighted by Gasteiger charge is 2.21. The molecule has 2 aromatic rings. The molecule has 3 rings (SSSR count). The van der Waals surface area contributed by atoms with Crippen LogP contribution in [0, 0.1) is 11.8 Å². The third-order valence-corrected chi connectivity index (χ3v) is 6.92. The van der Waals surface area contributed by atoms with Crippen molar-refractivity contribution in [2.45, 2.75) is 97.3 Å². The molecular weight excluding hydrogens is 348 g/mol. The highest BCUT2D eigenvalue weighted by atomic mass is 14.3. The molecule has 1 aliphatic carbocycles. The lowest BCUT2D eigenvalue weighted by Gasteiger charge is -2.28. The average Bonchev–Trinajstić information content (AvgIpc) is 2.75. The molecule has 0 N–H and O–H groups in total. The van der Waals surface area contributed by atoms with E-state index >= 15 is 0 Å². The predicted octanol–water partition coefficient (Wildman–Crippen LogP) is 8.35. The van der Waals surface area contributed by atoms with Crippen molar-refractivity contribution in [1.29, 1.82) is 0 Å². The lowest BCUT2D eigenvalue weighted by molar-refractivity contribution is 0.272. The lowest BCUT2D eigenvalue weighted by atomic mass is 9.77. The molecule has 0 radical (unpaired) electrons. The van der Waals surface area contributed by atoms with Crippen molar-refractivity contribution >= 4 is 0 Å². The van der Waals surface area contributed by atoms with Gasteiger partial charge >= 0.3 is 0 Å². The highest BCUT2D eigenvalue weighted by Crippen LogP contribution is 2.33. The molecule has 29 heavy (non-hydrogen) atoms. The zero-order chi connectivity index (χ0) is 20.3. The van der Waals surface area contributed by atoms with Gasteiger partial charge in [-0.2, -0.15) is 0 Å². The summed E-state index contributed by atoms with van der Waals surface area (Å²) in [6.07, 6.45) is 17.4. The topological polar surface area (TPSA) is 0 Å². The minimum absolute atomic E-state index is 0.897. The van der Waals surface area contributed by atoms with E-state index in [-0.39, 0.29) is 0 Å². The molecule has 158 valence electrons. The molecule has 2 aromatic carbocycles. The number of unbranched alkanes of at least 4 members (excludes halogenated alkanes) is 3. The second-order valence-electron chi connectivity index (χ2n) is 9.49. The predicted molar refractivity (Wildman–Crippen MR) is 128 cm³/mol. The van der Waals surface area contributed by atoms with E-state index in [1.807, 2.05) is 0 Å². The molecule has 0 atom stereocenters. The Morgan fingerprint density at radius 3 is 1.41 bits per heavy atom. The van der Waals surface area contributed by atoms with E-state index in [9.17, 15) is 0 Å². The molecule has 0 heteroatoms. The molecule has 0 heterocycles. The summed E-state index contributed by atoms with van der Waals surface area (Å²) in [5.41, 5.74) is 6.12. The van der Waals surface area contributed by atoms with Gasteiger partial charge in [0.1, 0.15) is 0 Å². The molecule has 1 aliphatic rings. The Labute approximate surface area is 180 Å². The SMILES string of the molecule is CCCCCCc1ccc(CC2CCC(Cc3ccc(CCC)cc3)CC2)cc1. The molecule has 1 fully saturated rings. The van der Waals surface area contributed by atoms with Crippen molar-refractivity contribution in [1.82, 2.24) is 0 Å². The van der Waals surface area contributed by atoms with E-state index in [1.165, 1.54) is 94.6 Å². The van der Waals surface area contributed by atoms with Crippen LogP contribution in [-0.4, -0.2) is 0 Å². The van der Waals surface area contributed by atoms with Crippen LogP contribution in [0.4, 0.5) is 0 Å². The van der Waals surface area contributed by atoms with Crippen LogP contribution in [0.5, 0.6) is 0 Å². The zero-order valence-electron chi connectivity index (χ0n) is 19.0. The minimum Gasteiger partial charge on any atom is -0.0654 e. The fraction of sp³-hybridized carbons (Fsp3) is 0.586. The van der Waals surface area contributed by atoms with Crippen molar-refractivity contribution in [2.75, 3.05) is 0 Å². The van der Waals surface area contributed by atoms with Crippen LogP contribution < -0.4 is 0 Å². The van der Waals surface area contributed by atoms with E-state index < -0.39 is 0 Å². The first-order chi connectivity index (χ1) is 14.3. The summed E-state index contributed by atoms with van der Waals surface area (Å²) in [4.78, 5) is 0. The normalized spacial score (nSPS) is 19.4. The molecule has 0 amide bonds. The third-order valence-electron chi connectivity index (χ3n) is 6.92. The Balaban J connectivity index is 1.38. The van der Waals surface area contributed by atoms with Crippen LogP contribution in [-0.2, 0) is 25.7 Å². The summed E-state index contributed by atoms with van der Waals surface area (Å²) in [5, 5.41) is 0. The number of aryl methyl sites for hydroxylation is 2. The summed E-state index contributed by atoms with van der Waals surface area (Å²) >= 11 is 0. The number of rotatable bonds is 11. The van der Waals surface area contributed by atoms with Gasteiger partial charge in [-0.25, -0.2) is 0 Å². The summed E-state index contributed by atoms with van der Waals surface area (Å²) in [6.45, 7) is 4.54. The second kappa shape index (κ2) is 12.2. The Morgan fingerprint density at radius 2 is 0.966 bits per heavy atom. The molecule has 0 saturated heterocycles. The average molecular weight is 391 g/mol. The highest BCUT2D eigenvalue weighted by molar-refractivity contribution is 5.24. The third kappa shape index (κ3) is 7.65. The van der Waals surface area contributed by atoms with Crippen molar-refractivity contribution in [3.05, 3.63) is 70.8 Å². The van der Waals surface area contributed by atoms with Gasteiger partial charge in [-0.15, -0.1) is 0 Å². The van der Waals surface area contributed by atoms with E-state index in [1.54, 1.807) is 11.1 Å². The van der Waals surface area contributed by atoms with Gasteiger partial charge in [-0.1, -0.05) is 88.1 Å². The first-order valence-electron chi connectivity index (χ1n) is 12.4. The Morgan fingerprint density at radius 1 is 0.517 bits per heavy atom. The zero-order valence-corrected chi connectivity index (χ0v) is 19.0. The van der Waals surface area contributed by atoms with Crippen LogP contribution in [0.2, 0.25) is 0 Å². The molecular formula is C29H42. The van der Waals surface area contributed by atoms with Gasteiger partial charge in [0.15, 0.2) is 0 Å². The molecule has 0 nitrogen and oxygen atoms in total. The quantitative estimate of drug-likeness (QED) is 0.338. The Bertz CT molecular complexity index is 671. The van der Waals surface area contributed by atoms with E-state index in [0.717, 1.165) is 11.8 Å². The van der Waals surface area contributed by atoms with Crippen molar-refractivity contribution in [2.24, 2.45) is 11.8 Å². The summed E-state index contributed by atoms with van der Waals surface area (Å²) in [7, 11) is 0. The fourth-order valence-corrected chi connectivity index (χ4v) is 5.04. The summed E-state index contributed by atoms with van der Waals surface area (Å²) in [6, 6.07) is 19.0. The van der Waals surface area contributed by atoms with E-state index in [2.05, 4.69) is 62.4 Å². The first kappa shape index (κ1) is 22.1. The second-order valence-corrected chi connectivity index (χ2v) is 9.49. The molecule has 1 saturated carbocycles. The largest absolute Gasteiger partial charge is 0.0654 e. The van der Waals surface area contributed by atoms with Crippen LogP contribution in [0.15, 0.2) is 48.5 Å². The van der Waals surface area contributed by atoms with Gasteiger partial charge in [0.05, 0.1) is 0 Å². The summed E-state index contributed by atoms with van der Waals surface area (Å²) < 4.78 is 0. The monoisotopic (exact) mass is 390 g/mol. The fourth-order valence-electron chi connectivity index (χ4n) is 5.04. The van der Waals surface area contributed by atoms with Gasteiger partial charge in [0.25, 0.3) is 0 Å². The molecule has 0 unspecified atom stereocenters. The number of hydrogen-bond donors (Lipinski definition) is 0. The first-order valence-corrected chi connectivity index (χ1v) is 12.4. The van der Waals surface area contributed by atoms with Crippen molar-refractivity contribution in [3.8, 4) is 0 Å². The van der Waals surface area contributed by atoms with Crippen molar-refractivity contribution in [3.63, 3.8) is 0 Å². The standard InChI is InChI=1S/C29H42/c1-3-5-6-7-9-25-12-16-27(17-13-25)23-29-20-18-28(19-21-29)22-26-14-10-24(8-4-2)11-15-26/h10-17,28-29H,3-9,18-23H2,1-2H3. The molecule has 0 bridgehead atoms. The van der Waals surface area contributed by atoms with Crippen LogP contribution in [0.3, 0.4) is 0 Å². The Hall–Kier alpha value is -1.56. The maximum Gasteiger partial charge on any atom is -0.0250 e. The van der Waals surface area contributed by atoms with E-state index in [0.29, 0.717) is 0 Å². The molecule has 0 spiro atoms.